The summed E-state index contributed by atoms with van der Waals surface area (Å²) in [7, 11) is 0. The van der Waals surface area contributed by atoms with E-state index in [2.05, 4.69) is 5.32 Å². The molecule has 110 valence electrons. The third-order valence-corrected chi connectivity index (χ3v) is 4.23. The van der Waals surface area contributed by atoms with E-state index in [0.717, 1.165) is 35.9 Å². The first-order chi connectivity index (χ1) is 9.81. The molecule has 2 N–H and O–H groups in total. The normalized spacial score (nSPS) is 19.4. The maximum atomic E-state index is 10.0. The minimum Gasteiger partial charge on any atom is -0.454 e. The topological polar surface area (TPSA) is 50.7 Å². The highest BCUT2D eigenvalue weighted by Gasteiger charge is 2.18. The lowest BCUT2D eigenvalue weighted by Crippen LogP contribution is -2.27. The van der Waals surface area contributed by atoms with Crippen LogP contribution < -0.4 is 14.8 Å². The van der Waals surface area contributed by atoms with Gasteiger partial charge in [-0.1, -0.05) is 31.7 Å². The predicted molar refractivity (Wildman–Crippen MR) is 76.9 cm³/mol. The van der Waals surface area contributed by atoms with Crippen molar-refractivity contribution in [1.29, 1.82) is 0 Å². The first kappa shape index (κ1) is 13.7. The average Bonchev–Trinajstić information content (AvgIpc) is 3.09. The highest BCUT2D eigenvalue weighted by atomic mass is 16.7. The van der Waals surface area contributed by atoms with E-state index in [1.807, 2.05) is 18.2 Å². The summed E-state index contributed by atoms with van der Waals surface area (Å²) in [5, 5.41) is 13.4. The molecule has 0 spiro atoms. The van der Waals surface area contributed by atoms with Crippen LogP contribution in [-0.2, 0) is 6.54 Å². The summed E-state index contributed by atoms with van der Waals surface area (Å²) >= 11 is 0. The number of benzene rings is 1. The monoisotopic (exact) mass is 277 g/mol. The number of ether oxygens (including phenoxy) is 2. The molecule has 1 aliphatic carbocycles. The van der Waals surface area contributed by atoms with E-state index in [0.29, 0.717) is 13.3 Å². The van der Waals surface area contributed by atoms with Crippen LogP contribution in [0.25, 0.3) is 0 Å². The Bertz CT molecular complexity index is 443. The number of hydrogen-bond acceptors (Lipinski definition) is 4. The second-order valence-corrected chi connectivity index (χ2v) is 5.86. The Morgan fingerprint density at radius 3 is 2.85 bits per heavy atom. The summed E-state index contributed by atoms with van der Waals surface area (Å²) in [6.07, 6.45) is 5.96. The molecule has 1 aliphatic heterocycles. The third kappa shape index (κ3) is 3.44. The summed E-state index contributed by atoms with van der Waals surface area (Å²) in [6, 6.07) is 5.97. The molecule has 3 rings (SSSR count). The summed E-state index contributed by atoms with van der Waals surface area (Å²) in [5.41, 5.74) is 1.15. The zero-order valence-electron chi connectivity index (χ0n) is 11.8. The lowest BCUT2D eigenvalue weighted by Gasteiger charge is -2.16. The first-order valence-corrected chi connectivity index (χ1v) is 7.58. The number of rotatable bonds is 6. The van der Waals surface area contributed by atoms with Gasteiger partial charge >= 0.3 is 0 Å². The van der Waals surface area contributed by atoms with Crippen LogP contribution in [0, 0.1) is 5.92 Å². The summed E-state index contributed by atoms with van der Waals surface area (Å²) in [4.78, 5) is 0. The Morgan fingerprint density at radius 2 is 2.00 bits per heavy atom. The molecule has 20 heavy (non-hydrogen) atoms. The van der Waals surface area contributed by atoms with E-state index in [1.165, 1.54) is 25.7 Å². The second kappa shape index (κ2) is 6.46. The zero-order valence-corrected chi connectivity index (χ0v) is 11.8. The van der Waals surface area contributed by atoms with Crippen molar-refractivity contribution in [2.24, 2.45) is 5.92 Å². The summed E-state index contributed by atoms with van der Waals surface area (Å²) in [6.45, 7) is 1.72. The van der Waals surface area contributed by atoms with Crippen molar-refractivity contribution in [2.75, 3.05) is 13.3 Å². The van der Waals surface area contributed by atoms with Gasteiger partial charge in [-0.25, -0.2) is 0 Å². The van der Waals surface area contributed by atoms with Crippen molar-refractivity contribution in [1.82, 2.24) is 5.32 Å². The second-order valence-electron chi connectivity index (χ2n) is 5.86. The molecular weight excluding hydrogens is 254 g/mol. The maximum absolute atomic E-state index is 10.0. The molecule has 1 unspecified atom stereocenters. The summed E-state index contributed by atoms with van der Waals surface area (Å²) < 4.78 is 10.6. The molecule has 2 aliphatic rings. The molecule has 0 saturated heterocycles. The van der Waals surface area contributed by atoms with Crippen LogP contribution in [0.1, 0.15) is 37.7 Å². The van der Waals surface area contributed by atoms with Crippen molar-refractivity contribution in [2.45, 2.75) is 44.8 Å². The maximum Gasteiger partial charge on any atom is 0.231 e. The molecule has 4 heteroatoms. The van der Waals surface area contributed by atoms with Crippen LogP contribution in [0.4, 0.5) is 0 Å². The van der Waals surface area contributed by atoms with Gasteiger partial charge in [0.1, 0.15) is 0 Å². The molecule has 1 saturated carbocycles. The molecule has 1 atom stereocenters. The Morgan fingerprint density at radius 1 is 1.20 bits per heavy atom. The molecule has 0 bridgehead atoms. The van der Waals surface area contributed by atoms with Gasteiger partial charge in [0.05, 0.1) is 6.10 Å². The fourth-order valence-corrected chi connectivity index (χ4v) is 3.15. The SMILES string of the molecule is OC(CNCc1ccc2c(c1)OCO2)CC1CCCC1. The van der Waals surface area contributed by atoms with Crippen molar-refractivity contribution in [3.05, 3.63) is 23.8 Å². The molecule has 0 amide bonds. The minimum absolute atomic E-state index is 0.230. The van der Waals surface area contributed by atoms with Crippen LogP contribution in [0.2, 0.25) is 0 Å². The molecule has 1 fully saturated rings. The molecule has 4 nitrogen and oxygen atoms in total. The van der Waals surface area contributed by atoms with Gasteiger partial charge in [-0.2, -0.15) is 0 Å². The quantitative estimate of drug-likeness (QED) is 0.838. The number of aliphatic hydroxyl groups excluding tert-OH is 1. The first-order valence-electron chi connectivity index (χ1n) is 7.58. The molecule has 1 aromatic rings. The molecule has 1 heterocycles. The Hall–Kier alpha value is -1.26. The van der Waals surface area contributed by atoms with Gasteiger partial charge in [-0.15, -0.1) is 0 Å². The largest absolute Gasteiger partial charge is 0.454 e. The lowest BCUT2D eigenvalue weighted by molar-refractivity contribution is 0.140. The van der Waals surface area contributed by atoms with Crippen LogP contribution in [0.15, 0.2) is 18.2 Å². The highest BCUT2D eigenvalue weighted by molar-refractivity contribution is 5.44. The lowest BCUT2D eigenvalue weighted by atomic mass is 10.00. The van der Waals surface area contributed by atoms with Gasteiger partial charge in [0, 0.05) is 13.1 Å². The van der Waals surface area contributed by atoms with E-state index < -0.39 is 0 Å². The number of nitrogens with one attached hydrogen (secondary N) is 1. The van der Waals surface area contributed by atoms with E-state index >= 15 is 0 Å². The number of aliphatic hydroxyl groups is 1. The Balaban J connectivity index is 1.40. The van der Waals surface area contributed by atoms with Gasteiger partial charge in [0.2, 0.25) is 6.79 Å². The van der Waals surface area contributed by atoms with Crippen molar-refractivity contribution >= 4 is 0 Å². The highest BCUT2D eigenvalue weighted by Crippen LogP contribution is 2.32. The van der Waals surface area contributed by atoms with Crippen LogP contribution >= 0.6 is 0 Å². The van der Waals surface area contributed by atoms with Gasteiger partial charge in [-0.3, -0.25) is 0 Å². The van der Waals surface area contributed by atoms with E-state index in [4.69, 9.17) is 9.47 Å². The standard InChI is InChI=1S/C16H23NO3/c18-14(7-12-3-1-2-4-12)10-17-9-13-5-6-15-16(8-13)20-11-19-15/h5-6,8,12,14,17-18H,1-4,7,9-11H2. The third-order valence-electron chi connectivity index (χ3n) is 4.23. The van der Waals surface area contributed by atoms with Crippen molar-refractivity contribution in [3.63, 3.8) is 0 Å². The average molecular weight is 277 g/mol. The van der Waals surface area contributed by atoms with Gasteiger partial charge in [0.25, 0.3) is 0 Å². The van der Waals surface area contributed by atoms with E-state index in [-0.39, 0.29) is 6.10 Å². The van der Waals surface area contributed by atoms with Gasteiger partial charge in [0.15, 0.2) is 11.5 Å². The zero-order chi connectivity index (χ0) is 13.8. The van der Waals surface area contributed by atoms with E-state index in [9.17, 15) is 5.11 Å². The molecular formula is C16H23NO3. The molecule has 0 radical (unpaired) electrons. The van der Waals surface area contributed by atoms with Crippen LogP contribution in [0.5, 0.6) is 11.5 Å². The Labute approximate surface area is 120 Å². The van der Waals surface area contributed by atoms with Crippen LogP contribution in [-0.4, -0.2) is 24.5 Å². The smallest absolute Gasteiger partial charge is 0.231 e. The van der Waals surface area contributed by atoms with Crippen molar-refractivity contribution in [3.8, 4) is 11.5 Å². The van der Waals surface area contributed by atoms with Crippen molar-refractivity contribution < 1.29 is 14.6 Å². The van der Waals surface area contributed by atoms with Gasteiger partial charge in [-0.05, 0) is 30.0 Å². The fourth-order valence-electron chi connectivity index (χ4n) is 3.15. The Kier molecular flexibility index (Phi) is 4.43. The number of fused-ring (bicyclic) bond motifs is 1. The molecule has 0 aromatic heterocycles. The predicted octanol–water partition coefficient (Wildman–Crippen LogP) is 2.45. The minimum atomic E-state index is -0.230. The van der Waals surface area contributed by atoms with Gasteiger partial charge < -0.3 is 19.9 Å². The number of hydrogen-bond donors (Lipinski definition) is 2. The fraction of sp³-hybridized carbons (Fsp3) is 0.625. The van der Waals surface area contributed by atoms with E-state index in [1.54, 1.807) is 0 Å². The van der Waals surface area contributed by atoms with Crippen LogP contribution in [0.3, 0.4) is 0 Å². The summed E-state index contributed by atoms with van der Waals surface area (Å²) in [5.74, 6) is 2.36. The molecule has 1 aromatic carbocycles.